The van der Waals surface area contributed by atoms with Crippen LogP contribution in [0.3, 0.4) is 0 Å². The maximum Gasteiger partial charge on any atom is 0.336 e. The Kier molecular flexibility index (Phi) is 3.33. The first-order valence-electron chi connectivity index (χ1n) is 3.92. The highest BCUT2D eigenvalue weighted by atomic mass is 35.5. The van der Waals surface area contributed by atoms with E-state index in [4.69, 9.17) is 21.8 Å². The van der Waals surface area contributed by atoms with Crippen molar-refractivity contribution in [2.75, 3.05) is 6.61 Å². The van der Waals surface area contributed by atoms with E-state index in [2.05, 4.69) is 0 Å². The van der Waals surface area contributed by atoms with Crippen LogP contribution >= 0.6 is 11.6 Å². The Hall–Kier alpha value is -1.26. The molecule has 0 bridgehead atoms. The summed E-state index contributed by atoms with van der Waals surface area (Å²) in [6, 6.07) is 2.47. The molecule has 1 aromatic rings. The fourth-order valence-corrected chi connectivity index (χ4v) is 1.42. The SMILES string of the molecule is O=C(O)c1ccc(O)c(Cl)c1CCO. The Bertz CT molecular complexity index is 362. The molecule has 4 nitrogen and oxygen atoms in total. The lowest BCUT2D eigenvalue weighted by Gasteiger charge is -2.07. The van der Waals surface area contributed by atoms with Gasteiger partial charge in [0, 0.05) is 6.61 Å². The molecule has 0 atom stereocenters. The number of aliphatic hydroxyl groups excluding tert-OH is 1. The third-order valence-corrected chi connectivity index (χ3v) is 2.24. The second-order valence-electron chi connectivity index (χ2n) is 2.70. The highest BCUT2D eigenvalue weighted by molar-refractivity contribution is 6.33. The van der Waals surface area contributed by atoms with Gasteiger partial charge in [-0.1, -0.05) is 11.6 Å². The van der Waals surface area contributed by atoms with Crippen molar-refractivity contribution in [1.29, 1.82) is 0 Å². The third kappa shape index (κ3) is 1.97. The van der Waals surface area contributed by atoms with Gasteiger partial charge in [0.05, 0.1) is 10.6 Å². The van der Waals surface area contributed by atoms with Crippen molar-refractivity contribution >= 4 is 17.6 Å². The van der Waals surface area contributed by atoms with Crippen molar-refractivity contribution in [2.24, 2.45) is 0 Å². The van der Waals surface area contributed by atoms with Crippen molar-refractivity contribution < 1.29 is 20.1 Å². The monoisotopic (exact) mass is 216 g/mol. The van der Waals surface area contributed by atoms with Crippen LogP contribution in [0.5, 0.6) is 5.75 Å². The van der Waals surface area contributed by atoms with Crippen LogP contribution in [0.2, 0.25) is 5.02 Å². The Morgan fingerprint density at radius 3 is 2.57 bits per heavy atom. The zero-order valence-corrected chi connectivity index (χ0v) is 7.95. The number of hydrogen-bond donors (Lipinski definition) is 3. The molecular weight excluding hydrogens is 208 g/mol. The molecule has 14 heavy (non-hydrogen) atoms. The van der Waals surface area contributed by atoms with Gasteiger partial charge in [0.25, 0.3) is 0 Å². The molecule has 0 saturated heterocycles. The molecule has 0 aliphatic heterocycles. The number of phenols is 1. The predicted octanol–water partition coefficient (Wildman–Crippen LogP) is 1.28. The highest BCUT2D eigenvalue weighted by Crippen LogP contribution is 2.30. The molecule has 0 saturated carbocycles. The molecule has 0 heterocycles. The Morgan fingerprint density at radius 2 is 2.07 bits per heavy atom. The molecule has 0 amide bonds. The Balaban J connectivity index is 3.29. The summed E-state index contributed by atoms with van der Waals surface area (Å²) in [6.45, 7) is -0.219. The molecule has 76 valence electrons. The molecule has 3 N–H and O–H groups in total. The summed E-state index contributed by atoms with van der Waals surface area (Å²) in [4.78, 5) is 10.7. The minimum absolute atomic E-state index is 0.00171. The molecule has 5 heteroatoms. The van der Waals surface area contributed by atoms with E-state index in [1.807, 2.05) is 0 Å². The predicted molar refractivity (Wildman–Crippen MR) is 50.9 cm³/mol. The number of aliphatic hydroxyl groups is 1. The summed E-state index contributed by atoms with van der Waals surface area (Å²) in [5.74, 6) is -1.31. The number of carboxylic acid groups (broad SMARTS) is 1. The van der Waals surface area contributed by atoms with E-state index < -0.39 is 5.97 Å². The molecule has 1 aromatic carbocycles. The van der Waals surface area contributed by atoms with Gasteiger partial charge in [-0.2, -0.15) is 0 Å². The van der Waals surface area contributed by atoms with Gasteiger partial charge < -0.3 is 15.3 Å². The molecule has 1 rings (SSSR count). The molecule has 0 radical (unpaired) electrons. The van der Waals surface area contributed by atoms with Gasteiger partial charge in [-0.3, -0.25) is 0 Å². The number of rotatable bonds is 3. The number of benzene rings is 1. The summed E-state index contributed by atoms with van der Waals surface area (Å²) in [7, 11) is 0. The Labute approximate surface area is 85.4 Å². The fourth-order valence-electron chi connectivity index (χ4n) is 1.17. The zero-order chi connectivity index (χ0) is 10.7. The van der Waals surface area contributed by atoms with E-state index in [0.29, 0.717) is 0 Å². The van der Waals surface area contributed by atoms with E-state index in [1.54, 1.807) is 0 Å². The topological polar surface area (TPSA) is 77.8 Å². The maximum absolute atomic E-state index is 10.7. The van der Waals surface area contributed by atoms with Gasteiger partial charge in [-0.05, 0) is 24.1 Å². The fraction of sp³-hybridized carbons (Fsp3) is 0.222. The summed E-state index contributed by atoms with van der Waals surface area (Å²) < 4.78 is 0. The van der Waals surface area contributed by atoms with Crippen LogP contribution < -0.4 is 0 Å². The van der Waals surface area contributed by atoms with Gasteiger partial charge in [-0.25, -0.2) is 4.79 Å². The molecule has 0 aliphatic rings. The first-order chi connectivity index (χ1) is 6.57. The molecule has 0 unspecified atom stereocenters. The lowest BCUT2D eigenvalue weighted by atomic mass is 10.0. The number of aromatic hydroxyl groups is 1. The normalized spacial score (nSPS) is 10.1. The van der Waals surface area contributed by atoms with Crippen LogP contribution in [0, 0.1) is 0 Å². The van der Waals surface area contributed by atoms with Crippen molar-refractivity contribution in [3.8, 4) is 5.75 Å². The number of hydrogen-bond acceptors (Lipinski definition) is 3. The van der Waals surface area contributed by atoms with E-state index in [9.17, 15) is 9.90 Å². The zero-order valence-electron chi connectivity index (χ0n) is 7.20. The average Bonchev–Trinajstić information content (AvgIpc) is 2.13. The van der Waals surface area contributed by atoms with Gasteiger partial charge in [0.2, 0.25) is 0 Å². The first kappa shape index (κ1) is 10.8. The van der Waals surface area contributed by atoms with Gasteiger partial charge in [-0.15, -0.1) is 0 Å². The molecule has 0 spiro atoms. The summed E-state index contributed by atoms with van der Waals surface area (Å²) in [6.07, 6.45) is 0.106. The van der Waals surface area contributed by atoms with Crippen molar-refractivity contribution in [3.63, 3.8) is 0 Å². The van der Waals surface area contributed by atoms with E-state index in [1.165, 1.54) is 12.1 Å². The minimum Gasteiger partial charge on any atom is -0.506 e. The van der Waals surface area contributed by atoms with Crippen LogP contribution in [0.15, 0.2) is 12.1 Å². The van der Waals surface area contributed by atoms with E-state index >= 15 is 0 Å². The number of halogens is 1. The number of carboxylic acids is 1. The van der Waals surface area contributed by atoms with Crippen molar-refractivity contribution in [3.05, 3.63) is 28.3 Å². The highest BCUT2D eigenvalue weighted by Gasteiger charge is 2.15. The smallest absolute Gasteiger partial charge is 0.336 e. The van der Waals surface area contributed by atoms with Gasteiger partial charge >= 0.3 is 5.97 Å². The lowest BCUT2D eigenvalue weighted by molar-refractivity contribution is 0.0695. The number of phenolic OH excluding ortho intramolecular Hbond substituents is 1. The molecule has 0 aromatic heterocycles. The second kappa shape index (κ2) is 4.30. The van der Waals surface area contributed by atoms with Crippen LogP contribution in [0.4, 0.5) is 0 Å². The lowest BCUT2D eigenvalue weighted by Crippen LogP contribution is -2.05. The van der Waals surface area contributed by atoms with Gasteiger partial charge in [0.15, 0.2) is 0 Å². The first-order valence-corrected chi connectivity index (χ1v) is 4.30. The second-order valence-corrected chi connectivity index (χ2v) is 3.08. The average molecular weight is 217 g/mol. The molecule has 0 fully saturated rings. The summed E-state index contributed by atoms with van der Waals surface area (Å²) in [5, 5.41) is 26.7. The van der Waals surface area contributed by atoms with Crippen molar-refractivity contribution in [2.45, 2.75) is 6.42 Å². The summed E-state index contributed by atoms with van der Waals surface area (Å²) >= 11 is 5.70. The quantitative estimate of drug-likeness (QED) is 0.711. The number of aromatic carboxylic acids is 1. The van der Waals surface area contributed by atoms with E-state index in [-0.39, 0.29) is 34.9 Å². The van der Waals surface area contributed by atoms with Crippen LogP contribution in [-0.2, 0) is 6.42 Å². The van der Waals surface area contributed by atoms with Crippen LogP contribution in [0.25, 0.3) is 0 Å². The van der Waals surface area contributed by atoms with Gasteiger partial charge in [0.1, 0.15) is 5.75 Å². The largest absolute Gasteiger partial charge is 0.506 e. The van der Waals surface area contributed by atoms with Crippen molar-refractivity contribution in [1.82, 2.24) is 0 Å². The van der Waals surface area contributed by atoms with E-state index in [0.717, 1.165) is 0 Å². The maximum atomic E-state index is 10.7. The Morgan fingerprint density at radius 1 is 1.43 bits per heavy atom. The summed E-state index contributed by atoms with van der Waals surface area (Å²) in [5.41, 5.74) is 0.253. The molecular formula is C9H9ClO4. The minimum atomic E-state index is -1.13. The van der Waals surface area contributed by atoms with Crippen LogP contribution in [-0.4, -0.2) is 27.9 Å². The third-order valence-electron chi connectivity index (χ3n) is 1.82. The van der Waals surface area contributed by atoms with Crippen LogP contribution in [0.1, 0.15) is 15.9 Å². The number of carbonyl (C=O) groups is 1. The standard InChI is InChI=1S/C9H9ClO4/c10-8-5(3-4-11)6(9(13)14)1-2-7(8)12/h1-2,11-12H,3-4H2,(H,13,14). The molecule has 0 aliphatic carbocycles.